The van der Waals surface area contributed by atoms with E-state index in [0.717, 1.165) is 16.8 Å². The number of rotatable bonds is 3. The van der Waals surface area contributed by atoms with E-state index in [9.17, 15) is 22.0 Å². The van der Waals surface area contributed by atoms with Crippen LogP contribution in [-0.2, 0) is 10.0 Å². The summed E-state index contributed by atoms with van der Waals surface area (Å²) in [7, 11) is -3.34. The molecule has 2 unspecified atom stereocenters. The van der Waals surface area contributed by atoms with Gasteiger partial charge in [-0.05, 0) is 26.0 Å². The van der Waals surface area contributed by atoms with Crippen molar-refractivity contribution in [3.63, 3.8) is 0 Å². The molecular weight excluding hydrogens is 422 g/mol. The lowest BCUT2D eigenvalue weighted by Crippen LogP contribution is -2.58. The Balaban J connectivity index is 1.63. The number of halogens is 2. The minimum atomic E-state index is -3.34. The lowest BCUT2D eigenvalue weighted by atomic mass is 10.1. The van der Waals surface area contributed by atoms with Crippen molar-refractivity contribution in [1.29, 1.82) is 0 Å². The first-order valence-corrected chi connectivity index (χ1v) is 11.9. The molecule has 3 aliphatic rings. The van der Waals surface area contributed by atoms with Gasteiger partial charge in [0, 0.05) is 31.8 Å². The molecule has 0 saturated carbocycles. The van der Waals surface area contributed by atoms with Crippen molar-refractivity contribution in [2.24, 2.45) is 0 Å². The second-order valence-corrected chi connectivity index (χ2v) is 11.1. The fourth-order valence-electron chi connectivity index (χ4n) is 3.81. The molecular formula is C18H22F2N4O3S2. The van der Waals surface area contributed by atoms with E-state index in [-0.39, 0.29) is 18.2 Å². The molecule has 3 heterocycles. The zero-order valence-electron chi connectivity index (χ0n) is 16.1. The fraction of sp³-hybridized carbons (Fsp3) is 0.556. The Labute approximate surface area is 172 Å². The number of sulfonamides is 1. The standard InChI is InChI=1S/C18H22F2N4O3S2/c1-11(2)29(26,27)22-3-4-23-15(9-22)10-28-17-16(23)8-21-24(18(17)25)14-6-12(19)5-13(20)7-14/h5-6,8,11,13,15H,3-4,7,9-10H2,1-2H3. The predicted molar refractivity (Wildman–Crippen MR) is 109 cm³/mol. The SMILES string of the molecule is CC(C)S(=O)(=O)N1CCN2c3cnn(C4=CC(F)=CC(F)C4)c(=O)c3SCC2C1. The van der Waals surface area contributed by atoms with Gasteiger partial charge in [-0.3, -0.25) is 4.79 Å². The number of anilines is 1. The van der Waals surface area contributed by atoms with E-state index in [1.54, 1.807) is 13.8 Å². The first-order chi connectivity index (χ1) is 13.7. The van der Waals surface area contributed by atoms with Gasteiger partial charge < -0.3 is 4.90 Å². The molecule has 0 N–H and O–H groups in total. The summed E-state index contributed by atoms with van der Waals surface area (Å²) >= 11 is 1.34. The Morgan fingerprint density at radius 3 is 2.76 bits per heavy atom. The van der Waals surface area contributed by atoms with Gasteiger partial charge in [0.25, 0.3) is 5.56 Å². The molecule has 29 heavy (non-hydrogen) atoms. The molecule has 11 heteroatoms. The highest BCUT2D eigenvalue weighted by Crippen LogP contribution is 2.37. The van der Waals surface area contributed by atoms with Crippen LogP contribution in [0.3, 0.4) is 0 Å². The number of thioether (sulfide) groups is 1. The first-order valence-electron chi connectivity index (χ1n) is 9.41. The van der Waals surface area contributed by atoms with Crippen molar-refractivity contribution >= 4 is 33.2 Å². The summed E-state index contributed by atoms with van der Waals surface area (Å²) in [5.41, 5.74) is 0.426. The van der Waals surface area contributed by atoms with Crippen LogP contribution >= 0.6 is 11.8 Å². The van der Waals surface area contributed by atoms with Gasteiger partial charge in [-0.25, -0.2) is 21.9 Å². The summed E-state index contributed by atoms with van der Waals surface area (Å²) in [6.45, 7) is 4.50. The highest BCUT2D eigenvalue weighted by molar-refractivity contribution is 7.99. The molecule has 1 aromatic heterocycles. The largest absolute Gasteiger partial charge is 0.363 e. The van der Waals surface area contributed by atoms with Crippen LogP contribution in [0.1, 0.15) is 20.3 Å². The Kier molecular flexibility index (Phi) is 5.32. The highest BCUT2D eigenvalue weighted by atomic mass is 32.2. The normalized spacial score (nSPS) is 25.3. The number of alkyl halides is 1. The molecule has 4 rings (SSSR count). The van der Waals surface area contributed by atoms with Crippen LogP contribution in [-0.4, -0.2) is 65.4 Å². The molecule has 2 atom stereocenters. The van der Waals surface area contributed by atoms with E-state index in [1.165, 1.54) is 22.3 Å². The summed E-state index contributed by atoms with van der Waals surface area (Å²) in [6.07, 6.45) is 1.93. The van der Waals surface area contributed by atoms with Gasteiger partial charge in [-0.15, -0.1) is 11.8 Å². The van der Waals surface area contributed by atoms with Crippen molar-refractivity contribution in [3.8, 4) is 0 Å². The van der Waals surface area contributed by atoms with Gasteiger partial charge in [0.05, 0.1) is 33.8 Å². The first kappa shape index (κ1) is 20.5. The Hall–Kier alpha value is -1.72. The monoisotopic (exact) mass is 444 g/mol. The molecule has 7 nitrogen and oxygen atoms in total. The summed E-state index contributed by atoms with van der Waals surface area (Å²) in [5, 5.41) is 3.68. The van der Waals surface area contributed by atoms with E-state index in [0.29, 0.717) is 36.0 Å². The van der Waals surface area contributed by atoms with E-state index in [1.807, 2.05) is 4.90 Å². The number of fused-ring (bicyclic) bond motifs is 3. The number of allylic oxidation sites excluding steroid dienone is 4. The molecule has 2 aliphatic heterocycles. The molecule has 1 saturated heterocycles. The van der Waals surface area contributed by atoms with Gasteiger partial charge in [0.15, 0.2) is 0 Å². The Morgan fingerprint density at radius 1 is 1.31 bits per heavy atom. The molecule has 0 aromatic carbocycles. The van der Waals surface area contributed by atoms with Crippen LogP contribution in [0, 0.1) is 0 Å². The predicted octanol–water partition coefficient (Wildman–Crippen LogP) is 2.01. The zero-order valence-corrected chi connectivity index (χ0v) is 17.7. The lowest BCUT2D eigenvalue weighted by molar-refractivity contribution is 0.339. The molecule has 0 bridgehead atoms. The molecule has 158 valence electrons. The van der Waals surface area contributed by atoms with Crippen molar-refractivity contribution in [2.75, 3.05) is 30.3 Å². The van der Waals surface area contributed by atoms with E-state index >= 15 is 0 Å². The third-order valence-electron chi connectivity index (χ3n) is 5.37. The number of hydrogen-bond acceptors (Lipinski definition) is 6. The maximum absolute atomic E-state index is 13.7. The smallest absolute Gasteiger partial charge is 0.286 e. The molecule has 1 aromatic rings. The number of nitrogens with zero attached hydrogens (tertiary/aromatic N) is 4. The van der Waals surface area contributed by atoms with Crippen LogP contribution in [0.5, 0.6) is 0 Å². The minimum absolute atomic E-state index is 0.0590. The van der Waals surface area contributed by atoms with Crippen molar-refractivity contribution in [1.82, 2.24) is 14.1 Å². The maximum Gasteiger partial charge on any atom is 0.286 e. The summed E-state index contributed by atoms with van der Waals surface area (Å²) in [4.78, 5) is 15.4. The van der Waals surface area contributed by atoms with Crippen LogP contribution in [0.4, 0.5) is 14.5 Å². The highest BCUT2D eigenvalue weighted by Gasteiger charge is 2.38. The lowest BCUT2D eigenvalue weighted by Gasteiger charge is -2.45. The summed E-state index contributed by atoms with van der Waals surface area (Å²) in [5.74, 6) is -0.171. The third kappa shape index (κ3) is 3.64. The van der Waals surface area contributed by atoms with Gasteiger partial charge in [-0.2, -0.15) is 9.40 Å². The topological polar surface area (TPSA) is 75.5 Å². The second-order valence-electron chi connectivity index (χ2n) is 7.59. The fourth-order valence-corrected chi connectivity index (χ4v) is 6.30. The third-order valence-corrected chi connectivity index (χ3v) is 8.83. The van der Waals surface area contributed by atoms with Crippen LogP contribution in [0.2, 0.25) is 0 Å². The Morgan fingerprint density at radius 2 is 2.07 bits per heavy atom. The molecule has 0 amide bonds. The van der Waals surface area contributed by atoms with Gasteiger partial charge in [0.2, 0.25) is 10.0 Å². The number of hydrogen-bond donors (Lipinski definition) is 0. The summed E-state index contributed by atoms with van der Waals surface area (Å²) in [6, 6.07) is -0.0590. The van der Waals surface area contributed by atoms with E-state index in [2.05, 4.69) is 5.10 Å². The van der Waals surface area contributed by atoms with Crippen molar-refractivity contribution in [2.45, 2.75) is 42.6 Å². The van der Waals surface area contributed by atoms with Crippen molar-refractivity contribution < 1.29 is 17.2 Å². The average molecular weight is 445 g/mol. The van der Waals surface area contributed by atoms with Crippen LogP contribution in [0.15, 0.2) is 33.9 Å². The Bertz CT molecular complexity index is 1050. The van der Waals surface area contributed by atoms with Gasteiger partial charge >= 0.3 is 0 Å². The molecule has 0 radical (unpaired) electrons. The van der Waals surface area contributed by atoms with Crippen LogP contribution in [0.25, 0.3) is 5.70 Å². The molecule has 1 aliphatic carbocycles. The van der Waals surface area contributed by atoms with Gasteiger partial charge in [0.1, 0.15) is 12.0 Å². The zero-order chi connectivity index (χ0) is 20.9. The average Bonchev–Trinajstić information content (AvgIpc) is 2.66. The van der Waals surface area contributed by atoms with Gasteiger partial charge in [-0.1, -0.05) is 0 Å². The van der Waals surface area contributed by atoms with Crippen LogP contribution < -0.4 is 10.5 Å². The van der Waals surface area contributed by atoms with E-state index in [4.69, 9.17) is 0 Å². The van der Waals surface area contributed by atoms with Crippen molar-refractivity contribution in [3.05, 3.63) is 34.5 Å². The van der Waals surface area contributed by atoms with E-state index < -0.39 is 32.8 Å². The second kappa shape index (κ2) is 7.51. The minimum Gasteiger partial charge on any atom is -0.363 e. The molecule has 0 spiro atoms. The maximum atomic E-state index is 13.7. The quantitative estimate of drug-likeness (QED) is 0.710. The number of piperazine rings is 1. The summed E-state index contributed by atoms with van der Waals surface area (Å²) < 4.78 is 54.8. The molecule has 1 fully saturated rings. The number of aromatic nitrogens is 2.